The minimum absolute atomic E-state index is 0.0593. The third-order valence-corrected chi connectivity index (χ3v) is 3.30. The van der Waals surface area contributed by atoms with Crippen molar-refractivity contribution in [3.05, 3.63) is 35.4 Å². The Morgan fingerprint density at radius 2 is 2.14 bits per heavy atom. The lowest BCUT2D eigenvalue weighted by atomic mass is 10.1. The average molecular weight is 303 g/mol. The highest BCUT2D eigenvalue weighted by Gasteiger charge is 2.31. The highest BCUT2D eigenvalue weighted by atomic mass is 19.4. The number of hydrogen-bond donors (Lipinski definition) is 1. The molecule has 0 radical (unpaired) electrons. The average Bonchev–Trinajstić information content (AvgIpc) is 2.42. The molecule has 0 aliphatic carbocycles. The molecule has 1 saturated heterocycles. The van der Waals surface area contributed by atoms with Crippen molar-refractivity contribution in [3.8, 4) is 0 Å². The van der Waals surface area contributed by atoms with Crippen molar-refractivity contribution in [1.29, 1.82) is 0 Å². The molecule has 116 valence electrons. The van der Waals surface area contributed by atoms with Crippen LogP contribution in [0.15, 0.2) is 24.3 Å². The summed E-state index contributed by atoms with van der Waals surface area (Å²) in [7, 11) is 0. The van der Waals surface area contributed by atoms with Crippen LogP contribution < -0.4 is 0 Å². The van der Waals surface area contributed by atoms with E-state index in [2.05, 4.69) is 0 Å². The molecule has 0 aromatic heterocycles. The zero-order valence-corrected chi connectivity index (χ0v) is 11.3. The molecule has 1 atom stereocenters. The zero-order chi connectivity index (χ0) is 15.5. The van der Waals surface area contributed by atoms with Gasteiger partial charge in [-0.25, -0.2) is 0 Å². The molecule has 1 aliphatic rings. The maximum Gasteiger partial charge on any atom is 0.416 e. The van der Waals surface area contributed by atoms with Crippen molar-refractivity contribution in [2.75, 3.05) is 19.8 Å². The van der Waals surface area contributed by atoms with Gasteiger partial charge in [0.25, 0.3) is 0 Å². The second kappa shape index (κ2) is 6.44. The Bertz CT molecular complexity index is 504. The molecule has 2 rings (SSSR count). The van der Waals surface area contributed by atoms with Crippen molar-refractivity contribution in [2.45, 2.75) is 25.2 Å². The van der Waals surface area contributed by atoms with Gasteiger partial charge in [-0.2, -0.15) is 13.2 Å². The van der Waals surface area contributed by atoms with Crippen LogP contribution in [0.4, 0.5) is 13.2 Å². The summed E-state index contributed by atoms with van der Waals surface area (Å²) in [5.41, 5.74) is -0.310. The Morgan fingerprint density at radius 3 is 2.81 bits per heavy atom. The van der Waals surface area contributed by atoms with E-state index in [9.17, 15) is 18.0 Å². The molecular weight excluding hydrogens is 287 g/mol. The molecule has 1 amide bonds. The fraction of sp³-hybridized carbons (Fsp3) is 0.500. The zero-order valence-electron chi connectivity index (χ0n) is 11.3. The van der Waals surface area contributed by atoms with E-state index in [0.29, 0.717) is 12.0 Å². The number of benzene rings is 1. The minimum Gasteiger partial charge on any atom is -0.396 e. The molecule has 1 unspecified atom stereocenters. The summed E-state index contributed by atoms with van der Waals surface area (Å²) in [6, 6.07) is 4.93. The van der Waals surface area contributed by atoms with Crippen molar-refractivity contribution >= 4 is 5.91 Å². The quantitative estimate of drug-likeness (QED) is 0.923. The largest absolute Gasteiger partial charge is 0.416 e. The van der Waals surface area contributed by atoms with Crippen LogP contribution in [0, 0.1) is 0 Å². The molecule has 1 aliphatic heterocycles. The number of carbonyl (C=O) groups excluding carboxylic acids is 1. The highest BCUT2D eigenvalue weighted by Crippen LogP contribution is 2.29. The van der Waals surface area contributed by atoms with Gasteiger partial charge in [0.1, 0.15) is 6.61 Å². The maximum absolute atomic E-state index is 12.7. The molecule has 1 N–H and O–H groups in total. The highest BCUT2D eigenvalue weighted by molar-refractivity contribution is 5.78. The van der Waals surface area contributed by atoms with Gasteiger partial charge in [0.05, 0.1) is 11.7 Å². The summed E-state index contributed by atoms with van der Waals surface area (Å²) in [6.45, 7) is 0.212. The Balaban J connectivity index is 2.07. The Hall–Kier alpha value is -1.60. The molecule has 1 aromatic carbocycles. The van der Waals surface area contributed by atoms with Gasteiger partial charge in [0.2, 0.25) is 5.91 Å². The second-order valence-electron chi connectivity index (χ2n) is 4.92. The molecule has 1 fully saturated rings. The van der Waals surface area contributed by atoms with E-state index in [0.717, 1.165) is 12.1 Å². The molecule has 0 bridgehead atoms. The Kier molecular flexibility index (Phi) is 4.84. The summed E-state index contributed by atoms with van der Waals surface area (Å²) < 4.78 is 43.2. The van der Waals surface area contributed by atoms with Gasteiger partial charge in [-0.3, -0.25) is 4.79 Å². The first-order valence-electron chi connectivity index (χ1n) is 6.56. The number of carbonyl (C=O) groups is 1. The summed E-state index contributed by atoms with van der Waals surface area (Å²) in [5, 5.41) is 8.88. The molecule has 1 heterocycles. The molecular formula is C14H16F3NO3. The van der Waals surface area contributed by atoms with Gasteiger partial charge in [-0.05, 0) is 24.1 Å². The van der Waals surface area contributed by atoms with Crippen LogP contribution in [0.1, 0.15) is 17.5 Å². The fourth-order valence-electron chi connectivity index (χ4n) is 2.22. The van der Waals surface area contributed by atoms with E-state index in [1.165, 1.54) is 11.0 Å². The summed E-state index contributed by atoms with van der Waals surface area (Å²) in [6.07, 6.45) is -4.28. The smallest absolute Gasteiger partial charge is 0.396 e. The van der Waals surface area contributed by atoms with Crippen LogP contribution in [-0.4, -0.2) is 41.8 Å². The van der Waals surface area contributed by atoms with Crippen LogP contribution in [0.3, 0.4) is 0 Å². The monoisotopic (exact) mass is 303 g/mol. The number of ether oxygens (including phenoxy) is 1. The predicted octanol–water partition coefficient (Wildman–Crippen LogP) is 1.82. The molecule has 1 aromatic rings. The summed E-state index contributed by atoms with van der Waals surface area (Å²) in [5.74, 6) is -0.262. The van der Waals surface area contributed by atoms with E-state index in [4.69, 9.17) is 9.84 Å². The van der Waals surface area contributed by atoms with Crippen LogP contribution in [0.5, 0.6) is 0 Å². The number of hydrogen-bond acceptors (Lipinski definition) is 3. The molecule has 21 heavy (non-hydrogen) atoms. The van der Waals surface area contributed by atoms with Gasteiger partial charge in [0, 0.05) is 19.7 Å². The Labute approximate surface area is 120 Å². The summed E-state index contributed by atoms with van der Waals surface area (Å²) in [4.78, 5) is 13.2. The van der Waals surface area contributed by atoms with Gasteiger partial charge in [0.15, 0.2) is 0 Å². The minimum atomic E-state index is -4.40. The number of amides is 1. The van der Waals surface area contributed by atoms with E-state index in [1.807, 2.05) is 0 Å². The molecule has 0 saturated carbocycles. The Morgan fingerprint density at radius 1 is 1.38 bits per heavy atom. The first-order chi connectivity index (χ1) is 9.90. The number of alkyl halides is 3. The van der Waals surface area contributed by atoms with Crippen molar-refractivity contribution < 1.29 is 27.8 Å². The van der Waals surface area contributed by atoms with Crippen molar-refractivity contribution in [2.24, 2.45) is 0 Å². The van der Waals surface area contributed by atoms with Crippen LogP contribution in [0.2, 0.25) is 0 Å². The number of morpholine rings is 1. The van der Waals surface area contributed by atoms with Crippen LogP contribution in [-0.2, 0) is 22.3 Å². The van der Waals surface area contributed by atoms with E-state index < -0.39 is 11.7 Å². The normalized spacial score (nSPS) is 19.9. The lowest BCUT2D eigenvalue weighted by Gasteiger charge is -2.32. The SMILES string of the molecule is O=C1COC(CCO)CN1Cc1cccc(C(F)(F)F)c1. The molecule has 4 nitrogen and oxygen atoms in total. The third kappa shape index (κ3) is 4.18. The standard InChI is InChI=1S/C14H16F3NO3/c15-14(16,17)11-3-1-2-10(6-11)7-18-8-12(4-5-19)21-9-13(18)20/h1-3,6,12,19H,4-5,7-9H2. The van der Waals surface area contributed by atoms with Crippen LogP contribution in [0.25, 0.3) is 0 Å². The van der Waals surface area contributed by atoms with Crippen molar-refractivity contribution in [3.63, 3.8) is 0 Å². The van der Waals surface area contributed by atoms with Gasteiger partial charge < -0.3 is 14.7 Å². The third-order valence-electron chi connectivity index (χ3n) is 3.30. The van der Waals surface area contributed by atoms with Crippen LogP contribution >= 0.6 is 0 Å². The summed E-state index contributed by atoms with van der Waals surface area (Å²) >= 11 is 0. The lowest BCUT2D eigenvalue weighted by molar-refractivity contribution is -0.150. The van der Waals surface area contributed by atoms with E-state index in [1.54, 1.807) is 6.07 Å². The number of aliphatic hydroxyl groups is 1. The number of rotatable bonds is 4. The maximum atomic E-state index is 12.7. The van der Waals surface area contributed by atoms with Gasteiger partial charge in [-0.1, -0.05) is 12.1 Å². The van der Waals surface area contributed by atoms with E-state index in [-0.39, 0.29) is 38.3 Å². The van der Waals surface area contributed by atoms with Crippen molar-refractivity contribution in [1.82, 2.24) is 4.90 Å². The lowest BCUT2D eigenvalue weighted by Crippen LogP contribution is -2.46. The topological polar surface area (TPSA) is 49.8 Å². The fourth-order valence-corrected chi connectivity index (χ4v) is 2.22. The molecule has 0 spiro atoms. The van der Waals surface area contributed by atoms with E-state index >= 15 is 0 Å². The predicted molar refractivity (Wildman–Crippen MR) is 68.3 cm³/mol. The molecule has 7 heteroatoms. The number of halogens is 3. The van der Waals surface area contributed by atoms with Gasteiger partial charge in [-0.15, -0.1) is 0 Å². The number of aliphatic hydroxyl groups excluding tert-OH is 1. The first kappa shape index (κ1) is 15.8. The first-order valence-corrected chi connectivity index (χ1v) is 6.56. The van der Waals surface area contributed by atoms with Gasteiger partial charge >= 0.3 is 6.18 Å². The number of nitrogens with zero attached hydrogens (tertiary/aromatic N) is 1. The second-order valence-corrected chi connectivity index (χ2v) is 4.92.